The third-order valence-electron chi connectivity index (χ3n) is 6.81. The van der Waals surface area contributed by atoms with E-state index in [9.17, 15) is 9.59 Å². The highest BCUT2D eigenvalue weighted by atomic mass is 16.5. The summed E-state index contributed by atoms with van der Waals surface area (Å²) in [4.78, 5) is 40.3. The Morgan fingerprint density at radius 2 is 1.76 bits per heavy atom. The summed E-state index contributed by atoms with van der Waals surface area (Å²) in [5.41, 5.74) is 2.19. The molecule has 1 aromatic carbocycles. The van der Waals surface area contributed by atoms with Gasteiger partial charge in [-0.2, -0.15) is 4.98 Å². The Bertz CT molecular complexity index is 1160. The molecule has 2 amide bonds. The van der Waals surface area contributed by atoms with E-state index >= 15 is 0 Å². The van der Waals surface area contributed by atoms with Crippen LogP contribution >= 0.6 is 0 Å². The number of hydrogen-bond donors (Lipinski definition) is 1. The van der Waals surface area contributed by atoms with Crippen LogP contribution in [0.2, 0.25) is 0 Å². The van der Waals surface area contributed by atoms with Gasteiger partial charge < -0.3 is 29.5 Å². The zero-order valence-electron chi connectivity index (χ0n) is 22.9. The summed E-state index contributed by atoms with van der Waals surface area (Å²) < 4.78 is 11.5. The standard InChI is InChI=1S/C27H38N6O4/c1-16(2)33-15-22-24(26(33)35)29-27(32-12-10-31(11-13-32)19(6)34)30-25(22)28-18(5)21-9-8-20(37-17(3)4)14-23(21)36-7/h8-9,14,16-18H,10-13,15H2,1-7H3,(H,28,29,30). The minimum atomic E-state index is -0.160. The molecule has 0 aliphatic carbocycles. The number of aromatic nitrogens is 2. The molecule has 4 rings (SSSR count). The first kappa shape index (κ1) is 26.5. The predicted molar refractivity (Wildman–Crippen MR) is 142 cm³/mol. The van der Waals surface area contributed by atoms with Crippen LogP contribution in [0.5, 0.6) is 11.5 Å². The van der Waals surface area contributed by atoms with Gasteiger partial charge in [0.05, 0.1) is 25.8 Å². The maximum Gasteiger partial charge on any atom is 0.273 e. The fraction of sp³-hybridized carbons (Fsp3) is 0.556. The third-order valence-corrected chi connectivity index (χ3v) is 6.81. The monoisotopic (exact) mass is 510 g/mol. The van der Waals surface area contributed by atoms with Crippen molar-refractivity contribution in [1.29, 1.82) is 0 Å². The van der Waals surface area contributed by atoms with Crippen LogP contribution in [0.4, 0.5) is 11.8 Å². The van der Waals surface area contributed by atoms with E-state index < -0.39 is 0 Å². The van der Waals surface area contributed by atoms with Gasteiger partial charge in [-0.05, 0) is 46.8 Å². The van der Waals surface area contributed by atoms with Crippen LogP contribution < -0.4 is 19.7 Å². The molecule has 1 atom stereocenters. The number of nitrogens with zero attached hydrogens (tertiary/aromatic N) is 5. The molecule has 37 heavy (non-hydrogen) atoms. The van der Waals surface area contributed by atoms with E-state index in [0.29, 0.717) is 55.9 Å². The molecule has 1 unspecified atom stereocenters. The number of nitrogens with one attached hydrogen (secondary N) is 1. The van der Waals surface area contributed by atoms with Gasteiger partial charge >= 0.3 is 0 Å². The highest BCUT2D eigenvalue weighted by molar-refractivity contribution is 5.98. The normalized spacial score (nSPS) is 16.4. The molecule has 1 saturated heterocycles. The summed E-state index contributed by atoms with van der Waals surface area (Å²) in [5.74, 6) is 2.58. The van der Waals surface area contributed by atoms with E-state index in [0.717, 1.165) is 16.9 Å². The number of fused-ring (bicyclic) bond motifs is 1. The molecule has 0 radical (unpaired) electrons. The Balaban J connectivity index is 1.66. The predicted octanol–water partition coefficient (Wildman–Crippen LogP) is 3.48. The third kappa shape index (κ3) is 5.57. The van der Waals surface area contributed by atoms with Gasteiger partial charge in [0.25, 0.3) is 5.91 Å². The second-order valence-corrected chi connectivity index (χ2v) is 10.2. The van der Waals surface area contributed by atoms with E-state index in [1.165, 1.54) is 0 Å². The molecule has 2 aliphatic rings. The maximum absolute atomic E-state index is 13.3. The Morgan fingerprint density at radius 3 is 2.35 bits per heavy atom. The van der Waals surface area contributed by atoms with Gasteiger partial charge in [0, 0.05) is 56.3 Å². The molecule has 200 valence electrons. The fourth-order valence-electron chi connectivity index (χ4n) is 4.75. The minimum absolute atomic E-state index is 0.0446. The largest absolute Gasteiger partial charge is 0.496 e. The molecule has 1 fully saturated rings. The van der Waals surface area contributed by atoms with E-state index in [4.69, 9.17) is 19.4 Å². The van der Waals surface area contributed by atoms with E-state index in [-0.39, 0.29) is 30.0 Å². The van der Waals surface area contributed by atoms with Gasteiger partial charge in [-0.25, -0.2) is 4.98 Å². The molecular weight excluding hydrogens is 472 g/mol. The van der Waals surface area contributed by atoms with Gasteiger partial charge in [-0.1, -0.05) is 0 Å². The van der Waals surface area contributed by atoms with Crippen molar-refractivity contribution in [3.8, 4) is 11.5 Å². The van der Waals surface area contributed by atoms with Crippen LogP contribution in [0.3, 0.4) is 0 Å². The lowest BCUT2D eigenvalue weighted by Gasteiger charge is -2.34. The first-order valence-corrected chi connectivity index (χ1v) is 12.9. The van der Waals surface area contributed by atoms with Crippen LogP contribution in [0.15, 0.2) is 18.2 Å². The van der Waals surface area contributed by atoms with Gasteiger partial charge in [0.2, 0.25) is 11.9 Å². The molecule has 1 aromatic heterocycles. The number of methoxy groups -OCH3 is 1. The average Bonchev–Trinajstić information content (AvgIpc) is 3.20. The zero-order valence-corrected chi connectivity index (χ0v) is 22.9. The smallest absolute Gasteiger partial charge is 0.273 e. The summed E-state index contributed by atoms with van der Waals surface area (Å²) in [7, 11) is 1.64. The molecule has 2 aliphatic heterocycles. The topological polar surface area (TPSA) is 100 Å². The minimum Gasteiger partial charge on any atom is -0.496 e. The van der Waals surface area contributed by atoms with Crippen LogP contribution in [0, 0.1) is 0 Å². The number of carbonyl (C=O) groups is 2. The summed E-state index contributed by atoms with van der Waals surface area (Å²) in [6, 6.07) is 5.70. The lowest BCUT2D eigenvalue weighted by Crippen LogP contribution is -2.48. The van der Waals surface area contributed by atoms with Gasteiger partial charge in [-0.15, -0.1) is 0 Å². The zero-order chi connectivity index (χ0) is 26.9. The van der Waals surface area contributed by atoms with E-state index in [1.54, 1.807) is 14.0 Å². The highest BCUT2D eigenvalue weighted by Crippen LogP contribution is 2.35. The molecule has 10 nitrogen and oxygen atoms in total. The summed E-state index contributed by atoms with van der Waals surface area (Å²) in [6.07, 6.45) is 0.0619. The Kier molecular flexibility index (Phi) is 7.75. The van der Waals surface area contributed by atoms with Gasteiger partial charge in [0.1, 0.15) is 23.0 Å². The van der Waals surface area contributed by atoms with Crippen molar-refractivity contribution in [2.45, 2.75) is 66.3 Å². The number of rotatable bonds is 8. The molecular formula is C27H38N6O4. The highest BCUT2D eigenvalue weighted by Gasteiger charge is 2.35. The van der Waals surface area contributed by atoms with Crippen LogP contribution in [-0.2, 0) is 11.3 Å². The van der Waals surface area contributed by atoms with Crippen LogP contribution in [0.1, 0.15) is 69.2 Å². The Hall–Kier alpha value is -3.56. The lowest BCUT2D eigenvalue weighted by atomic mass is 10.1. The number of piperazine rings is 1. The number of carbonyl (C=O) groups excluding carboxylic acids is 2. The molecule has 2 aromatic rings. The fourth-order valence-corrected chi connectivity index (χ4v) is 4.75. The second-order valence-electron chi connectivity index (χ2n) is 10.2. The molecule has 3 heterocycles. The first-order chi connectivity index (χ1) is 17.6. The second kappa shape index (κ2) is 10.8. The molecule has 1 N–H and O–H groups in total. The first-order valence-electron chi connectivity index (χ1n) is 12.9. The summed E-state index contributed by atoms with van der Waals surface area (Å²) >= 11 is 0. The Labute approximate surface area is 218 Å². The van der Waals surface area contributed by atoms with Crippen molar-refractivity contribution >= 4 is 23.6 Å². The Morgan fingerprint density at radius 1 is 1.05 bits per heavy atom. The number of ether oxygens (including phenoxy) is 2. The maximum atomic E-state index is 13.3. The number of benzene rings is 1. The van der Waals surface area contributed by atoms with Gasteiger partial charge in [0.15, 0.2) is 0 Å². The van der Waals surface area contributed by atoms with Crippen molar-refractivity contribution in [3.05, 3.63) is 35.0 Å². The molecule has 10 heteroatoms. The van der Waals surface area contributed by atoms with Crippen molar-refractivity contribution < 1.29 is 19.1 Å². The van der Waals surface area contributed by atoms with E-state index in [1.807, 2.05) is 67.5 Å². The summed E-state index contributed by atoms with van der Waals surface area (Å²) in [6.45, 7) is 14.5. The van der Waals surface area contributed by atoms with Crippen molar-refractivity contribution in [1.82, 2.24) is 19.8 Å². The van der Waals surface area contributed by atoms with E-state index in [2.05, 4.69) is 5.32 Å². The average molecular weight is 511 g/mol. The van der Waals surface area contributed by atoms with Crippen molar-refractivity contribution in [2.24, 2.45) is 0 Å². The molecule has 0 bridgehead atoms. The lowest BCUT2D eigenvalue weighted by molar-refractivity contribution is -0.129. The van der Waals surface area contributed by atoms with Gasteiger partial charge in [-0.3, -0.25) is 9.59 Å². The number of amides is 2. The molecule has 0 spiro atoms. The van der Waals surface area contributed by atoms with Crippen LogP contribution in [-0.4, -0.2) is 77.0 Å². The SMILES string of the molecule is COc1cc(OC(C)C)ccc1C(C)Nc1nc(N2CCN(C(C)=O)CC2)nc2c1CN(C(C)C)C2=O. The number of anilines is 2. The molecule has 0 saturated carbocycles. The summed E-state index contributed by atoms with van der Waals surface area (Å²) in [5, 5.41) is 3.54. The van der Waals surface area contributed by atoms with Crippen LogP contribution in [0.25, 0.3) is 0 Å². The van der Waals surface area contributed by atoms with Crippen molar-refractivity contribution in [2.75, 3.05) is 43.5 Å². The van der Waals surface area contributed by atoms with Crippen molar-refractivity contribution in [3.63, 3.8) is 0 Å². The quantitative estimate of drug-likeness (QED) is 0.576. The number of hydrogen-bond acceptors (Lipinski definition) is 8.